The van der Waals surface area contributed by atoms with E-state index in [1.54, 1.807) is 12.1 Å². The van der Waals surface area contributed by atoms with Crippen molar-refractivity contribution in [2.24, 2.45) is 5.92 Å². The van der Waals surface area contributed by atoms with E-state index in [9.17, 15) is 9.18 Å². The number of methoxy groups -OCH3 is 1. The second kappa shape index (κ2) is 7.47. The smallest absolute Gasteiger partial charge is 0.315 e. The number of halogens is 1. The highest BCUT2D eigenvalue weighted by Gasteiger charge is 2.23. The molecular formula is C17H25FN2O2. The summed E-state index contributed by atoms with van der Waals surface area (Å²) in [6.07, 6.45) is 4.58. The quantitative estimate of drug-likeness (QED) is 0.889. The van der Waals surface area contributed by atoms with Crippen molar-refractivity contribution < 1.29 is 13.9 Å². The van der Waals surface area contributed by atoms with E-state index in [0.717, 1.165) is 19.3 Å². The molecule has 0 saturated heterocycles. The Kier molecular flexibility index (Phi) is 5.63. The third kappa shape index (κ3) is 4.12. The number of nitrogens with one attached hydrogen (secondary N) is 2. The molecule has 5 heteroatoms. The lowest BCUT2D eigenvalue weighted by Crippen LogP contribution is -2.46. The van der Waals surface area contributed by atoms with Crippen molar-refractivity contribution in [3.05, 3.63) is 29.6 Å². The summed E-state index contributed by atoms with van der Waals surface area (Å²) in [7, 11) is 1.43. The van der Waals surface area contributed by atoms with Gasteiger partial charge < -0.3 is 15.4 Å². The maximum absolute atomic E-state index is 13.7. The Morgan fingerprint density at radius 2 is 2.09 bits per heavy atom. The molecule has 0 heterocycles. The second-order valence-corrected chi connectivity index (χ2v) is 6.10. The molecule has 2 rings (SSSR count). The highest BCUT2D eigenvalue weighted by Crippen LogP contribution is 2.24. The summed E-state index contributed by atoms with van der Waals surface area (Å²) in [6, 6.07) is 4.50. The van der Waals surface area contributed by atoms with Crippen LogP contribution in [0.1, 0.15) is 51.1 Å². The number of rotatable bonds is 4. The van der Waals surface area contributed by atoms with Gasteiger partial charge in [-0.05, 0) is 43.4 Å². The van der Waals surface area contributed by atoms with E-state index >= 15 is 0 Å². The molecule has 0 aromatic heterocycles. The topological polar surface area (TPSA) is 50.4 Å². The van der Waals surface area contributed by atoms with Gasteiger partial charge in [0.05, 0.1) is 13.2 Å². The van der Waals surface area contributed by atoms with E-state index in [4.69, 9.17) is 4.74 Å². The lowest BCUT2D eigenvalue weighted by Gasteiger charge is -2.30. The van der Waals surface area contributed by atoms with Crippen molar-refractivity contribution in [2.75, 3.05) is 7.11 Å². The van der Waals surface area contributed by atoms with Gasteiger partial charge in [0.15, 0.2) is 11.6 Å². The van der Waals surface area contributed by atoms with Crippen molar-refractivity contribution in [1.82, 2.24) is 10.6 Å². The van der Waals surface area contributed by atoms with E-state index in [1.165, 1.54) is 19.6 Å². The predicted molar refractivity (Wildman–Crippen MR) is 84.5 cm³/mol. The number of urea groups is 1. The normalized spacial score (nSPS) is 22.7. The first-order valence-electron chi connectivity index (χ1n) is 7.91. The molecule has 3 atom stereocenters. The molecule has 4 nitrogen and oxygen atoms in total. The molecule has 22 heavy (non-hydrogen) atoms. The first kappa shape index (κ1) is 16.6. The van der Waals surface area contributed by atoms with Crippen molar-refractivity contribution in [2.45, 2.75) is 51.6 Å². The van der Waals surface area contributed by atoms with Gasteiger partial charge in [0.1, 0.15) is 0 Å². The van der Waals surface area contributed by atoms with Crippen molar-refractivity contribution >= 4 is 6.03 Å². The number of carbonyl (C=O) groups is 1. The molecule has 0 aliphatic heterocycles. The van der Waals surface area contributed by atoms with Gasteiger partial charge in [-0.1, -0.05) is 25.8 Å². The SMILES string of the molecule is COc1ccc([C@H](C)NC(=O)N[C@H]2CCCC[C@H]2C)cc1F. The Morgan fingerprint density at radius 3 is 2.73 bits per heavy atom. The van der Waals surface area contributed by atoms with Crippen molar-refractivity contribution in [3.8, 4) is 5.75 Å². The van der Waals surface area contributed by atoms with Crippen LogP contribution in [0.15, 0.2) is 18.2 Å². The van der Waals surface area contributed by atoms with E-state index in [-0.39, 0.29) is 23.9 Å². The van der Waals surface area contributed by atoms with E-state index < -0.39 is 5.82 Å². The standard InChI is InChI=1S/C17H25FN2O2/c1-11-6-4-5-7-15(11)20-17(21)19-12(2)13-8-9-16(22-3)14(18)10-13/h8-12,15H,4-7H2,1-3H3,(H2,19,20,21)/t11-,12+,15+/m1/s1. The van der Waals surface area contributed by atoms with E-state index in [0.29, 0.717) is 11.5 Å². The maximum atomic E-state index is 13.7. The van der Waals surface area contributed by atoms with Gasteiger partial charge >= 0.3 is 6.03 Å². The fraction of sp³-hybridized carbons (Fsp3) is 0.588. The first-order chi connectivity index (χ1) is 10.5. The molecule has 0 unspecified atom stereocenters. The van der Waals surface area contributed by atoms with Crippen LogP contribution in [-0.2, 0) is 0 Å². The molecule has 1 aromatic rings. The molecule has 1 aliphatic carbocycles. The summed E-state index contributed by atoms with van der Waals surface area (Å²) in [5.41, 5.74) is 0.713. The average molecular weight is 308 g/mol. The lowest BCUT2D eigenvalue weighted by molar-refractivity contribution is 0.219. The van der Waals surface area contributed by atoms with Crippen LogP contribution in [0.2, 0.25) is 0 Å². The van der Waals surface area contributed by atoms with Crippen LogP contribution >= 0.6 is 0 Å². The minimum Gasteiger partial charge on any atom is -0.494 e. The number of hydrogen-bond donors (Lipinski definition) is 2. The first-order valence-corrected chi connectivity index (χ1v) is 7.91. The molecule has 1 fully saturated rings. The third-order valence-electron chi connectivity index (χ3n) is 4.45. The Hall–Kier alpha value is -1.78. The van der Waals surface area contributed by atoms with Crippen LogP contribution in [0.25, 0.3) is 0 Å². The molecule has 2 N–H and O–H groups in total. The van der Waals surface area contributed by atoms with Crippen LogP contribution in [0, 0.1) is 11.7 Å². The van der Waals surface area contributed by atoms with Gasteiger partial charge in [-0.2, -0.15) is 0 Å². The molecule has 122 valence electrons. The molecule has 0 spiro atoms. The molecule has 1 aliphatic rings. The number of carbonyl (C=O) groups excluding carboxylic acids is 1. The lowest BCUT2D eigenvalue weighted by atomic mass is 9.86. The monoisotopic (exact) mass is 308 g/mol. The summed E-state index contributed by atoms with van der Waals surface area (Å²) in [5.74, 6) is 0.291. The zero-order valence-electron chi connectivity index (χ0n) is 13.5. The highest BCUT2D eigenvalue weighted by molar-refractivity contribution is 5.74. The minimum absolute atomic E-state index is 0.192. The zero-order chi connectivity index (χ0) is 16.1. The van der Waals surface area contributed by atoms with Gasteiger partial charge in [-0.3, -0.25) is 0 Å². The highest BCUT2D eigenvalue weighted by atomic mass is 19.1. The molecular weight excluding hydrogens is 283 g/mol. The van der Waals surface area contributed by atoms with Crippen LogP contribution in [-0.4, -0.2) is 19.2 Å². The number of benzene rings is 1. The van der Waals surface area contributed by atoms with Crippen LogP contribution in [0.3, 0.4) is 0 Å². The Bertz CT molecular complexity index is 521. The second-order valence-electron chi connectivity index (χ2n) is 6.10. The van der Waals surface area contributed by atoms with Crippen molar-refractivity contribution in [1.29, 1.82) is 0 Å². The Morgan fingerprint density at radius 1 is 1.36 bits per heavy atom. The molecule has 0 radical (unpaired) electrons. The molecule has 1 aromatic carbocycles. The maximum Gasteiger partial charge on any atom is 0.315 e. The summed E-state index contributed by atoms with van der Waals surface area (Å²) in [5, 5.41) is 5.91. The predicted octanol–water partition coefficient (Wildman–Crippen LogP) is 3.77. The van der Waals surface area contributed by atoms with Crippen molar-refractivity contribution in [3.63, 3.8) is 0 Å². The van der Waals surface area contributed by atoms with Crippen LogP contribution < -0.4 is 15.4 Å². The Balaban J connectivity index is 1.91. The zero-order valence-corrected chi connectivity index (χ0v) is 13.5. The fourth-order valence-corrected chi connectivity index (χ4v) is 2.97. The summed E-state index contributed by atoms with van der Waals surface area (Å²) < 4.78 is 18.6. The minimum atomic E-state index is -0.421. The van der Waals surface area contributed by atoms with E-state index in [1.807, 2.05) is 6.92 Å². The Labute approximate surface area is 131 Å². The molecule has 0 bridgehead atoms. The van der Waals surface area contributed by atoms with Gasteiger partial charge in [-0.25, -0.2) is 9.18 Å². The van der Waals surface area contributed by atoms with Gasteiger partial charge in [0.25, 0.3) is 0 Å². The van der Waals surface area contributed by atoms with Gasteiger partial charge in [0.2, 0.25) is 0 Å². The fourth-order valence-electron chi connectivity index (χ4n) is 2.97. The number of hydrogen-bond acceptors (Lipinski definition) is 2. The summed E-state index contributed by atoms with van der Waals surface area (Å²) in [4.78, 5) is 12.1. The van der Waals surface area contributed by atoms with Crippen LogP contribution in [0.4, 0.5) is 9.18 Å². The average Bonchev–Trinajstić information content (AvgIpc) is 2.49. The van der Waals surface area contributed by atoms with Gasteiger partial charge in [0, 0.05) is 6.04 Å². The number of ether oxygens (including phenoxy) is 1. The largest absolute Gasteiger partial charge is 0.494 e. The summed E-state index contributed by atoms with van der Waals surface area (Å²) >= 11 is 0. The summed E-state index contributed by atoms with van der Waals surface area (Å²) in [6.45, 7) is 4.01. The third-order valence-corrected chi connectivity index (χ3v) is 4.45. The van der Waals surface area contributed by atoms with Crippen LogP contribution in [0.5, 0.6) is 5.75 Å². The van der Waals surface area contributed by atoms with E-state index in [2.05, 4.69) is 17.6 Å². The molecule has 2 amide bonds. The number of amides is 2. The molecule has 1 saturated carbocycles. The van der Waals surface area contributed by atoms with Gasteiger partial charge in [-0.15, -0.1) is 0 Å².